The molecular formula is C18H22N6O. The van der Waals surface area contributed by atoms with E-state index in [1.807, 2.05) is 46.1 Å². The van der Waals surface area contributed by atoms with E-state index < -0.39 is 0 Å². The van der Waals surface area contributed by atoms with Gasteiger partial charge in [-0.15, -0.1) is 0 Å². The number of aromatic nitrogens is 2. The van der Waals surface area contributed by atoms with Crippen molar-refractivity contribution in [1.82, 2.24) is 19.6 Å². The summed E-state index contributed by atoms with van der Waals surface area (Å²) in [4.78, 5) is 20.7. The summed E-state index contributed by atoms with van der Waals surface area (Å²) in [5.74, 6) is -0.355. The van der Waals surface area contributed by atoms with E-state index in [1.165, 1.54) is 0 Å². The van der Waals surface area contributed by atoms with Crippen LogP contribution < -0.4 is 16.0 Å². The number of anilines is 1. The van der Waals surface area contributed by atoms with Crippen molar-refractivity contribution in [1.29, 1.82) is 0 Å². The van der Waals surface area contributed by atoms with E-state index in [0.29, 0.717) is 12.1 Å². The highest BCUT2D eigenvalue weighted by Gasteiger charge is 2.28. The Labute approximate surface area is 146 Å². The van der Waals surface area contributed by atoms with Crippen molar-refractivity contribution in [2.75, 3.05) is 38.1 Å². The molecule has 0 saturated carbocycles. The third kappa shape index (κ3) is 2.92. The Morgan fingerprint density at radius 2 is 2.28 bits per heavy atom. The zero-order chi connectivity index (χ0) is 17.4. The van der Waals surface area contributed by atoms with Crippen molar-refractivity contribution in [3.8, 4) is 0 Å². The highest BCUT2D eigenvalue weighted by Crippen LogP contribution is 2.26. The van der Waals surface area contributed by atoms with Crippen molar-refractivity contribution in [3.63, 3.8) is 0 Å². The van der Waals surface area contributed by atoms with Crippen molar-refractivity contribution < 1.29 is 4.79 Å². The van der Waals surface area contributed by atoms with Gasteiger partial charge in [0.1, 0.15) is 5.65 Å². The monoisotopic (exact) mass is 338 g/mol. The Kier molecular flexibility index (Phi) is 4.03. The molecule has 0 radical (unpaired) electrons. The molecule has 1 fully saturated rings. The van der Waals surface area contributed by atoms with Gasteiger partial charge in [-0.3, -0.25) is 9.69 Å². The fourth-order valence-electron chi connectivity index (χ4n) is 3.53. The summed E-state index contributed by atoms with van der Waals surface area (Å²) in [6.45, 7) is 3.22. The average molecular weight is 338 g/mol. The number of nitrogens with zero attached hydrogens (tertiary/aromatic N) is 4. The molecule has 2 aliphatic rings. The van der Waals surface area contributed by atoms with Crippen LogP contribution >= 0.6 is 0 Å². The van der Waals surface area contributed by atoms with E-state index in [2.05, 4.69) is 22.2 Å². The summed E-state index contributed by atoms with van der Waals surface area (Å²) >= 11 is 0. The number of hydrogen-bond acceptors (Lipinski definition) is 5. The number of rotatable bonds is 3. The number of fused-ring (bicyclic) bond motifs is 1. The molecule has 0 bridgehead atoms. The average Bonchev–Trinajstić information content (AvgIpc) is 3.09. The molecule has 7 nitrogen and oxygen atoms in total. The van der Waals surface area contributed by atoms with Crippen molar-refractivity contribution in [2.45, 2.75) is 6.04 Å². The largest absolute Gasteiger partial charge is 0.366 e. The maximum atomic E-state index is 12.1. The van der Waals surface area contributed by atoms with Crippen LogP contribution in [0.3, 0.4) is 0 Å². The van der Waals surface area contributed by atoms with Crippen LogP contribution in [0.1, 0.15) is 0 Å². The van der Waals surface area contributed by atoms with Gasteiger partial charge in [0.15, 0.2) is 0 Å². The minimum Gasteiger partial charge on any atom is -0.366 e. The number of nitrogens with one attached hydrogen (secondary N) is 1. The Morgan fingerprint density at radius 3 is 3.08 bits per heavy atom. The van der Waals surface area contributed by atoms with Gasteiger partial charge in [-0.25, -0.2) is 4.98 Å². The topological polar surface area (TPSA) is 78.9 Å². The number of amides is 1. The van der Waals surface area contributed by atoms with Crippen molar-refractivity contribution >= 4 is 17.2 Å². The lowest BCUT2D eigenvalue weighted by Crippen LogP contribution is -2.51. The molecule has 1 atom stereocenters. The number of carbonyl (C=O) groups excluding carboxylic acids is 1. The molecule has 2 aromatic rings. The Balaban J connectivity index is 1.65. The fourth-order valence-corrected chi connectivity index (χ4v) is 3.53. The van der Waals surface area contributed by atoms with Crippen LogP contribution in [0.25, 0.3) is 5.65 Å². The summed E-state index contributed by atoms with van der Waals surface area (Å²) < 4.78 is 1.96. The Hall–Kier alpha value is -2.64. The van der Waals surface area contributed by atoms with Gasteiger partial charge < -0.3 is 20.4 Å². The Bertz CT molecular complexity index is 867. The predicted molar refractivity (Wildman–Crippen MR) is 97.2 cm³/mol. The quantitative estimate of drug-likeness (QED) is 0.844. The van der Waals surface area contributed by atoms with Gasteiger partial charge in [-0.05, 0) is 30.8 Å². The Morgan fingerprint density at radius 1 is 1.40 bits per heavy atom. The van der Waals surface area contributed by atoms with Crippen LogP contribution in [-0.4, -0.2) is 59.5 Å². The van der Waals surface area contributed by atoms with E-state index in [0.717, 1.165) is 36.5 Å². The van der Waals surface area contributed by atoms with Crippen LogP contribution in [0.2, 0.25) is 0 Å². The molecule has 3 N–H and O–H groups in total. The smallest absolute Gasteiger partial charge is 0.246 e. The zero-order valence-corrected chi connectivity index (χ0v) is 14.2. The van der Waals surface area contributed by atoms with Gasteiger partial charge in [-0.1, -0.05) is 0 Å². The van der Waals surface area contributed by atoms with Crippen LogP contribution in [0.4, 0.5) is 5.69 Å². The molecule has 25 heavy (non-hydrogen) atoms. The van der Waals surface area contributed by atoms with Gasteiger partial charge in [0.25, 0.3) is 0 Å². The zero-order valence-electron chi connectivity index (χ0n) is 14.2. The molecule has 1 unspecified atom stereocenters. The first-order valence-electron chi connectivity index (χ1n) is 8.45. The molecule has 0 aromatic carbocycles. The maximum absolute atomic E-state index is 12.1. The van der Waals surface area contributed by atoms with Gasteiger partial charge in [0.2, 0.25) is 5.91 Å². The highest BCUT2D eigenvalue weighted by atomic mass is 16.1. The number of imidazole rings is 1. The first-order valence-corrected chi connectivity index (χ1v) is 8.45. The minimum atomic E-state index is -0.355. The van der Waals surface area contributed by atoms with Crippen LogP contribution in [0.15, 0.2) is 54.1 Å². The lowest BCUT2D eigenvalue weighted by atomic mass is 9.94. The minimum absolute atomic E-state index is 0.172. The molecule has 4 heterocycles. The predicted octanol–water partition coefficient (Wildman–Crippen LogP) is 0.354. The van der Waals surface area contributed by atoms with Gasteiger partial charge in [0.05, 0.1) is 12.2 Å². The summed E-state index contributed by atoms with van der Waals surface area (Å²) in [6, 6.07) is 4.14. The second-order valence-electron chi connectivity index (χ2n) is 6.52. The summed E-state index contributed by atoms with van der Waals surface area (Å²) in [5.41, 5.74) is 9.29. The summed E-state index contributed by atoms with van der Waals surface area (Å²) in [5, 5.41) is 3.40. The fraction of sp³-hybridized carbons (Fsp3) is 0.333. The van der Waals surface area contributed by atoms with Crippen LogP contribution in [-0.2, 0) is 4.79 Å². The molecule has 1 saturated heterocycles. The van der Waals surface area contributed by atoms with Crippen molar-refractivity contribution in [3.05, 3.63) is 54.1 Å². The number of piperazine rings is 1. The molecule has 0 spiro atoms. The van der Waals surface area contributed by atoms with Gasteiger partial charge >= 0.3 is 0 Å². The number of nitrogens with two attached hydrogens (primary N) is 1. The van der Waals surface area contributed by atoms with Crippen LogP contribution in [0.5, 0.6) is 0 Å². The molecule has 7 heteroatoms. The molecular weight excluding hydrogens is 316 g/mol. The van der Waals surface area contributed by atoms with Crippen LogP contribution in [0, 0.1) is 0 Å². The van der Waals surface area contributed by atoms with E-state index in [-0.39, 0.29) is 11.9 Å². The number of pyridine rings is 1. The lowest BCUT2D eigenvalue weighted by Gasteiger charge is -2.37. The second kappa shape index (κ2) is 6.34. The van der Waals surface area contributed by atoms with E-state index >= 15 is 0 Å². The number of primary amides is 1. The van der Waals surface area contributed by atoms with E-state index in [9.17, 15) is 4.79 Å². The third-order valence-electron chi connectivity index (χ3n) is 4.98. The SMILES string of the molecule is CN1CCNCC1C1=C(C(N)=O)CN(c2ccc3nccn3c2)C=C1. The molecule has 4 rings (SSSR count). The maximum Gasteiger partial charge on any atom is 0.246 e. The molecule has 0 aliphatic carbocycles. The second-order valence-corrected chi connectivity index (χ2v) is 6.52. The normalized spacial score (nSPS) is 22.0. The van der Waals surface area contributed by atoms with E-state index in [1.54, 1.807) is 6.20 Å². The molecule has 2 aliphatic heterocycles. The summed E-state index contributed by atoms with van der Waals surface area (Å²) in [6.07, 6.45) is 9.73. The summed E-state index contributed by atoms with van der Waals surface area (Å²) in [7, 11) is 2.09. The van der Waals surface area contributed by atoms with Crippen molar-refractivity contribution in [2.24, 2.45) is 5.73 Å². The van der Waals surface area contributed by atoms with Gasteiger partial charge in [-0.2, -0.15) is 0 Å². The number of likely N-dealkylation sites (N-methyl/N-ethyl adjacent to an activating group) is 1. The first-order chi connectivity index (χ1) is 12.1. The first kappa shape index (κ1) is 15.9. The van der Waals surface area contributed by atoms with Gasteiger partial charge in [0, 0.05) is 56.0 Å². The highest BCUT2D eigenvalue weighted by molar-refractivity contribution is 5.95. The lowest BCUT2D eigenvalue weighted by molar-refractivity contribution is -0.114. The molecule has 1 amide bonds. The standard InChI is InChI=1S/C18H22N6O/c1-22-8-5-20-10-16(22)14-4-7-23(12-15(14)18(19)25)13-2-3-17-21-6-9-24(17)11-13/h2-4,6-7,9,11,16,20H,5,8,10,12H2,1H3,(H2,19,25). The number of hydrogen-bond donors (Lipinski definition) is 2. The molecule has 130 valence electrons. The van der Waals surface area contributed by atoms with E-state index in [4.69, 9.17) is 5.73 Å². The molecule has 2 aromatic heterocycles. The number of carbonyl (C=O) groups is 1. The third-order valence-corrected chi connectivity index (χ3v) is 4.98.